The lowest BCUT2D eigenvalue weighted by Crippen LogP contribution is -2.44. The van der Waals surface area contributed by atoms with Crippen molar-refractivity contribution in [3.63, 3.8) is 0 Å². The molecule has 0 unspecified atom stereocenters. The molecule has 0 bridgehead atoms. The molecule has 5 aromatic rings. The van der Waals surface area contributed by atoms with Gasteiger partial charge in [-0.15, -0.1) is 0 Å². The van der Waals surface area contributed by atoms with Crippen molar-refractivity contribution >= 4 is 22.9 Å². The summed E-state index contributed by atoms with van der Waals surface area (Å²) in [5.41, 5.74) is 11.3. The van der Waals surface area contributed by atoms with Gasteiger partial charge < -0.3 is 11.1 Å². The Morgan fingerprint density at radius 2 is 1.77 bits per heavy atom. The highest BCUT2D eigenvalue weighted by Gasteiger charge is 2.22. The lowest BCUT2D eigenvalue weighted by molar-refractivity contribution is 0.0908. The Morgan fingerprint density at radius 3 is 2.55 bits per heavy atom. The van der Waals surface area contributed by atoms with Crippen molar-refractivity contribution in [3.8, 4) is 23.1 Å². The maximum Gasteiger partial charge on any atom is 0.251 e. The van der Waals surface area contributed by atoms with Crippen molar-refractivity contribution in [3.05, 3.63) is 96.1 Å². The lowest BCUT2D eigenvalue weighted by Gasteiger charge is -2.32. The number of nitrogens with zero attached hydrogens (tertiary/aromatic N) is 7. The number of nitrogens with two attached hydrogens (primary N) is 1. The Labute approximate surface area is 231 Å². The Bertz CT molecular complexity index is 1710. The van der Waals surface area contributed by atoms with Gasteiger partial charge >= 0.3 is 0 Å². The van der Waals surface area contributed by atoms with Crippen molar-refractivity contribution in [1.82, 2.24) is 34.7 Å². The highest BCUT2D eigenvalue weighted by atomic mass is 16.1. The van der Waals surface area contributed by atoms with Crippen LogP contribution in [0.25, 0.3) is 28.2 Å². The number of imidazole rings is 1. The van der Waals surface area contributed by atoms with E-state index in [1.807, 2.05) is 34.9 Å². The third kappa shape index (κ3) is 5.10. The van der Waals surface area contributed by atoms with Crippen molar-refractivity contribution in [2.45, 2.75) is 25.4 Å². The number of fused-ring (bicyclic) bond motifs is 1. The normalized spacial score (nSPS) is 14.2. The quantitative estimate of drug-likeness (QED) is 0.339. The molecule has 1 aliphatic heterocycles. The van der Waals surface area contributed by atoms with Gasteiger partial charge in [-0.2, -0.15) is 5.26 Å². The summed E-state index contributed by atoms with van der Waals surface area (Å²) in [6.45, 7) is 2.59. The molecule has 6 rings (SSSR count). The molecule has 40 heavy (non-hydrogen) atoms. The van der Waals surface area contributed by atoms with Crippen LogP contribution in [0.1, 0.15) is 34.5 Å². The van der Waals surface area contributed by atoms with Crippen LogP contribution < -0.4 is 11.1 Å². The summed E-state index contributed by atoms with van der Waals surface area (Å²) in [5, 5.41) is 12.1. The van der Waals surface area contributed by atoms with Gasteiger partial charge in [-0.05, 0) is 66.9 Å². The number of anilines is 1. The van der Waals surface area contributed by atoms with E-state index in [0.29, 0.717) is 17.2 Å². The third-order valence-electron chi connectivity index (χ3n) is 7.16. The van der Waals surface area contributed by atoms with Crippen LogP contribution in [-0.2, 0) is 6.54 Å². The van der Waals surface area contributed by atoms with Gasteiger partial charge in [0.1, 0.15) is 23.1 Å². The number of piperidine rings is 1. The van der Waals surface area contributed by atoms with E-state index in [9.17, 15) is 4.79 Å². The molecule has 10 heteroatoms. The lowest BCUT2D eigenvalue weighted by atomic mass is 10.0. The number of aromatic nitrogens is 5. The van der Waals surface area contributed by atoms with Gasteiger partial charge in [-0.1, -0.05) is 12.1 Å². The van der Waals surface area contributed by atoms with E-state index >= 15 is 0 Å². The Hall–Kier alpha value is -5.14. The Balaban J connectivity index is 1.13. The van der Waals surface area contributed by atoms with E-state index in [4.69, 9.17) is 16.0 Å². The summed E-state index contributed by atoms with van der Waals surface area (Å²) in [6.07, 6.45) is 6.65. The van der Waals surface area contributed by atoms with Crippen LogP contribution in [0.4, 0.5) is 5.82 Å². The molecular weight excluding hydrogens is 502 g/mol. The standard InChI is InChI=1S/C30H27N9O/c31-18-23-17-21(9-14-33-23)30(40)36-22-10-15-38(16-11-22)19-20-5-7-24(8-6-20)39-28(25-3-1-12-34-27(25)32)37-26-4-2-13-35-29(26)39/h1-9,12-14,17,22H,10-11,15-16,19H2,(H2,32,34)(H,36,40). The van der Waals surface area contributed by atoms with Crippen LogP contribution in [0.5, 0.6) is 0 Å². The molecule has 1 amide bonds. The third-order valence-corrected chi connectivity index (χ3v) is 7.16. The smallest absolute Gasteiger partial charge is 0.251 e. The van der Waals surface area contributed by atoms with Gasteiger partial charge in [0.2, 0.25) is 0 Å². The second-order valence-electron chi connectivity index (χ2n) is 9.79. The van der Waals surface area contributed by atoms with E-state index in [1.165, 1.54) is 17.8 Å². The van der Waals surface area contributed by atoms with Crippen molar-refractivity contribution in [2.24, 2.45) is 0 Å². The number of hydrogen-bond acceptors (Lipinski definition) is 8. The monoisotopic (exact) mass is 529 g/mol. The molecule has 198 valence electrons. The van der Waals surface area contributed by atoms with Gasteiger partial charge in [-0.3, -0.25) is 14.3 Å². The zero-order valence-electron chi connectivity index (χ0n) is 21.7. The molecule has 3 N–H and O–H groups in total. The SMILES string of the molecule is N#Cc1cc(C(=O)NC2CCN(Cc3ccc(-n4c(-c5cccnc5N)nc5cccnc54)cc3)CC2)ccn1. The summed E-state index contributed by atoms with van der Waals surface area (Å²) in [6, 6.07) is 21.2. The molecule has 0 spiro atoms. The van der Waals surface area contributed by atoms with Crippen LogP contribution in [0.3, 0.4) is 0 Å². The van der Waals surface area contributed by atoms with Gasteiger partial charge in [0.05, 0.1) is 5.56 Å². The summed E-state index contributed by atoms with van der Waals surface area (Å²) >= 11 is 0. The highest BCUT2D eigenvalue weighted by Crippen LogP contribution is 2.30. The highest BCUT2D eigenvalue weighted by molar-refractivity contribution is 5.94. The van der Waals surface area contributed by atoms with Crippen LogP contribution in [0.2, 0.25) is 0 Å². The average molecular weight is 530 g/mol. The summed E-state index contributed by atoms with van der Waals surface area (Å²) < 4.78 is 2.02. The minimum absolute atomic E-state index is 0.102. The Kier molecular flexibility index (Phi) is 6.87. The number of likely N-dealkylation sites (tertiary alicyclic amines) is 1. The fourth-order valence-electron chi connectivity index (χ4n) is 5.09. The number of nitrogen functional groups attached to an aromatic ring is 1. The number of pyridine rings is 3. The van der Waals surface area contributed by atoms with Crippen molar-refractivity contribution in [2.75, 3.05) is 18.8 Å². The van der Waals surface area contributed by atoms with Gasteiger partial charge in [0.15, 0.2) is 11.5 Å². The number of carbonyl (C=O) groups is 1. The summed E-state index contributed by atoms with van der Waals surface area (Å²) in [4.78, 5) is 32.6. The Morgan fingerprint density at radius 1 is 1.00 bits per heavy atom. The van der Waals surface area contributed by atoms with E-state index < -0.39 is 0 Å². The van der Waals surface area contributed by atoms with Crippen LogP contribution in [-0.4, -0.2) is 54.4 Å². The zero-order chi connectivity index (χ0) is 27.5. The molecule has 4 aromatic heterocycles. The van der Waals surface area contributed by atoms with E-state index in [2.05, 4.69) is 49.4 Å². The van der Waals surface area contributed by atoms with Crippen molar-refractivity contribution in [1.29, 1.82) is 5.26 Å². The predicted octanol–water partition coefficient (Wildman–Crippen LogP) is 3.73. The first kappa shape index (κ1) is 25.2. The zero-order valence-corrected chi connectivity index (χ0v) is 21.7. The molecule has 0 radical (unpaired) electrons. The van der Waals surface area contributed by atoms with Gasteiger partial charge in [0, 0.05) is 55.5 Å². The second-order valence-corrected chi connectivity index (χ2v) is 9.79. The van der Waals surface area contributed by atoms with E-state index in [-0.39, 0.29) is 17.6 Å². The van der Waals surface area contributed by atoms with Gasteiger partial charge in [0.25, 0.3) is 5.91 Å². The van der Waals surface area contributed by atoms with E-state index in [1.54, 1.807) is 18.5 Å². The topological polar surface area (TPSA) is 139 Å². The molecule has 0 aliphatic carbocycles. The van der Waals surface area contributed by atoms with Crippen LogP contribution in [0.15, 0.2) is 79.3 Å². The minimum Gasteiger partial charge on any atom is -0.383 e. The number of nitrogens with one attached hydrogen (secondary N) is 1. The largest absolute Gasteiger partial charge is 0.383 e. The summed E-state index contributed by atoms with van der Waals surface area (Å²) in [5.74, 6) is 0.955. The first-order valence-corrected chi connectivity index (χ1v) is 13.1. The minimum atomic E-state index is -0.165. The number of hydrogen-bond donors (Lipinski definition) is 2. The fourth-order valence-corrected chi connectivity index (χ4v) is 5.09. The maximum absolute atomic E-state index is 12.6. The van der Waals surface area contributed by atoms with Gasteiger partial charge in [-0.25, -0.2) is 19.9 Å². The molecule has 1 fully saturated rings. The number of nitriles is 1. The first-order chi connectivity index (χ1) is 19.6. The molecule has 0 atom stereocenters. The van der Waals surface area contributed by atoms with Crippen molar-refractivity contribution < 1.29 is 4.79 Å². The number of carbonyl (C=O) groups excluding carboxylic acids is 1. The molecule has 1 saturated heterocycles. The molecule has 1 aliphatic rings. The number of rotatable bonds is 6. The molecule has 1 aromatic carbocycles. The summed E-state index contributed by atoms with van der Waals surface area (Å²) in [7, 11) is 0. The molecule has 10 nitrogen and oxygen atoms in total. The number of amides is 1. The average Bonchev–Trinajstić information content (AvgIpc) is 3.38. The van der Waals surface area contributed by atoms with Crippen LogP contribution >= 0.6 is 0 Å². The molecule has 5 heterocycles. The maximum atomic E-state index is 12.6. The number of benzene rings is 1. The second kappa shape index (κ2) is 10.9. The molecular formula is C30H27N9O. The predicted molar refractivity (Wildman–Crippen MR) is 151 cm³/mol. The first-order valence-electron chi connectivity index (χ1n) is 13.1. The van der Waals surface area contributed by atoms with E-state index in [0.717, 1.165) is 54.9 Å². The molecule has 0 saturated carbocycles. The fraction of sp³-hybridized carbons (Fsp3) is 0.200. The van der Waals surface area contributed by atoms with Crippen LogP contribution in [0, 0.1) is 11.3 Å².